The Morgan fingerprint density at radius 1 is 0.208 bits per heavy atom. The Kier molecular flexibility index (Phi) is 8.99. The Morgan fingerprint density at radius 2 is 0.486 bits per heavy atom. The van der Waals surface area contributed by atoms with Crippen LogP contribution in [0.1, 0.15) is 0 Å². The first kappa shape index (κ1) is 40.4. The molecular formula is C66H44BN5. The molecule has 0 saturated heterocycles. The second kappa shape index (κ2) is 16.0. The minimum Gasteiger partial charge on any atom is -0.376 e. The van der Waals surface area contributed by atoms with E-state index in [2.05, 4.69) is 290 Å². The zero-order valence-corrected chi connectivity index (χ0v) is 39.2. The predicted octanol–water partition coefficient (Wildman–Crippen LogP) is 15.9. The molecule has 1 aliphatic rings. The number of rotatable bonds is 5. The number of para-hydroxylation sites is 8. The Hall–Kier alpha value is -9.52. The minimum atomic E-state index is -0.318. The van der Waals surface area contributed by atoms with Gasteiger partial charge in [0.25, 0.3) is 0 Å². The van der Waals surface area contributed by atoms with Gasteiger partial charge in [-0.15, -0.1) is 0 Å². The Morgan fingerprint density at radius 3 is 0.861 bits per heavy atom. The van der Waals surface area contributed by atoms with Gasteiger partial charge >= 0.3 is 6.85 Å². The maximum Gasteiger partial charge on any atom is 0.328 e. The molecule has 0 N–H and O–H groups in total. The molecule has 15 rings (SSSR count). The van der Waals surface area contributed by atoms with Crippen molar-refractivity contribution in [1.82, 2.24) is 13.6 Å². The molecule has 5 nitrogen and oxygen atoms in total. The minimum absolute atomic E-state index is 0.318. The van der Waals surface area contributed by atoms with Crippen LogP contribution in [0.3, 0.4) is 0 Å². The van der Waals surface area contributed by atoms with E-state index in [1.54, 1.807) is 0 Å². The predicted molar refractivity (Wildman–Crippen MR) is 304 cm³/mol. The highest BCUT2D eigenvalue weighted by atomic mass is 15.2. The molecule has 0 amide bonds. The Balaban J connectivity index is 1.14. The summed E-state index contributed by atoms with van der Waals surface area (Å²) in [4.78, 5) is 4.88. The molecule has 336 valence electrons. The molecule has 72 heavy (non-hydrogen) atoms. The molecule has 0 spiro atoms. The van der Waals surface area contributed by atoms with E-state index < -0.39 is 0 Å². The van der Waals surface area contributed by atoms with E-state index >= 15 is 0 Å². The number of hydrogen-bond acceptors (Lipinski definition) is 2. The van der Waals surface area contributed by atoms with Crippen LogP contribution in [0.2, 0.25) is 0 Å². The zero-order chi connectivity index (χ0) is 47.3. The summed E-state index contributed by atoms with van der Waals surface area (Å²) < 4.78 is 7.56. The van der Waals surface area contributed by atoms with Crippen LogP contribution in [0, 0.1) is 0 Å². The summed E-state index contributed by atoms with van der Waals surface area (Å²) in [6.45, 7) is -0.318. The molecule has 1 aliphatic heterocycles. The van der Waals surface area contributed by atoms with Crippen molar-refractivity contribution < 1.29 is 0 Å². The fourth-order valence-electron chi connectivity index (χ4n) is 12.0. The van der Waals surface area contributed by atoms with Crippen LogP contribution in [0.15, 0.2) is 267 Å². The van der Waals surface area contributed by atoms with Crippen molar-refractivity contribution >= 4 is 117 Å². The van der Waals surface area contributed by atoms with Crippen molar-refractivity contribution in [3.05, 3.63) is 267 Å². The molecule has 0 fully saturated rings. The summed E-state index contributed by atoms with van der Waals surface area (Å²) in [5, 5.41) is 7.36. The summed E-state index contributed by atoms with van der Waals surface area (Å²) in [7, 11) is 0. The van der Waals surface area contributed by atoms with Gasteiger partial charge in [-0.05, 0) is 126 Å². The molecule has 6 bridgehead atoms. The van der Waals surface area contributed by atoms with E-state index in [0.717, 1.165) is 56.4 Å². The third kappa shape index (κ3) is 6.15. The average molecular weight is 918 g/mol. The maximum absolute atomic E-state index is 2.61. The quantitative estimate of drug-likeness (QED) is 0.160. The molecule has 0 unspecified atom stereocenters. The molecule has 0 radical (unpaired) electrons. The highest BCUT2D eigenvalue weighted by Crippen LogP contribution is 2.44. The topological polar surface area (TPSA) is 21.3 Å². The average Bonchev–Trinajstić information content (AvgIpc) is 4.08. The van der Waals surface area contributed by atoms with Gasteiger partial charge < -0.3 is 23.4 Å². The van der Waals surface area contributed by atoms with E-state index in [-0.39, 0.29) is 6.85 Å². The summed E-state index contributed by atoms with van der Waals surface area (Å²) in [5.74, 6) is 0. The second-order valence-corrected chi connectivity index (χ2v) is 19.0. The van der Waals surface area contributed by atoms with Crippen LogP contribution in [-0.2, 0) is 0 Å². The molecule has 14 aromatic rings. The lowest BCUT2D eigenvalue weighted by molar-refractivity contribution is 1.16. The largest absolute Gasteiger partial charge is 0.376 e. The monoisotopic (exact) mass is 917 g/mol. The number of benzene rings is 11. The van der Waals surface area contributed by atoms with E-state index in [4.69, 9.17) is 0 Å². The van der Waals surface area contributed by atoms with Crippen molar-refractivity contribution in [2.45, 2.75) is 0 Å². The van der Waals surface area contributed by atoms with Crippen LogP contribution < -0.4 is 20.7 Å². The number of fused-ring (bicyclic) bond motifs is 15. The van der Waals surface area contributed by atoms with Gasteiger partial charge in [0.05, 0.1) is 22.1 Å². The molecule has 11 aromatic carbocycles. The van der Waals surface area contributed by atoms with Crippen molar-refractivity contribution in [2.75, 3.05) is 9.80 Å². The van der Waals surface area contributed by atoms with Crippen LogP contribution in [0.4, 0.5) is 34.1 Å². The van der Waals surface area contributed by atoms with Crippen molar-refractivity contribution in [2.24, 2.45) is 0 Å². The highest BCUT2D eigenvalue weighted by molar-refractivity contribution is 6.85. The van der Waals surface area contributed by atoms with Gasteiger partial charge in [0, 0.05) is 88.8 Å². The van der Waals surface area contributed by atoms with E-state index in [1.807, 2.05) is 0 Å². The van der Waals surface area contributed by atoms with Gasteiger partial charge in [0.1, 0.15) is 0 Å². The summed E-state index contributed by atoms with van der Waals surface area (Å²) in [5.41, 5.74) is 17.9. The normalized spacial score (nSPS) is 12.6. The maximum atomic E-state index is 2.61. The third-order valence-corrected chi connectivity index (χ3v) is 14.9. The molecule has 0 saturated carbocycles. The summed E-state index contributed by atoms with van der Waals surface area (Å²) in [6, 6.07) is 98.6. The first-order valence-corrected chi connectivity index (χ1v) is 24.8. The first-order valence-electron chi connectivity index (χ1n) is 24.8. The van der Waals surface area contributed by atoms with Crippen molar-refractivity contribution in [1.29, 1.82) is 0 Å². The standard InChI is InChI=1S/C66H44BN5/c1-3-20-47(21-4-1)68-49-24-19-25-50(42-49)69(48-22-5-2-6-23-48)52-39-46(41-54(44-52)71-63-34-15-9-28-57(63)58-29-10-16-35-64(58)71)67(72-65-36-17-11-30-59(65)60-31-12-18-37-66(60)72)45-38-51(68)43-53(40-45)70-61-32-13-7-26-55(61)56-27-8-14-33-62(56)70/h1-44H. The van der Waals surface area contributed by atoms with Crippen LogP contribution in [-0.4, -0.2) is 20.5 Å². The van der Waals surface area contributed by atoms with E-state index in [1.165, 1.54) is 65.4 Å². The first-order chi connectivity index (χ1) is 35.7. The van der Waals surface area contributed by atoms with Crippen LogP contribution >= 0.6 is 0 Å². The van der Waals surface area contributed by atoms with Gasteiger partial charge in [0.2, 0.25) is 0 Å². The molecule has 3 aromatic heterocycles. The fourth-order valence-corrected chi connectivity index (χ4v) is 12.0. The third-order valence-electron chi connectivity index (χ3n) is 14.9. The lowest BCUT2D eigenvalue weighted by Gasteiger charge is -2.32. The molecule has 6 heteroatoms. The lowest BCUT2D eigenvalue weighted by Crippen LogP contribution is -2.49. The number of nitrogens with zero attached hydrogens (tertiary/aromatic N) is 5. The lowest BCUT2D eigenvalue weighted by atomic mass is 9.49. The second-order valence-electron chi connectivity index (χ2n) is 19.0. The van der Waals surface area contributed by atoms with Gasteiger partial charge in [-0.1, -0.05) is 152 Å². The van der Waals surface area contributed by atoms with Gasteiger partial charge in [-0.3, -0.25) is 0 Å². The van der Waals surface area contributed by atoms with Crippen LogP contribution in [0.5, 0.6) is 0 Å². The SMILES string of the molecule is c1ccc(N2c3cccc(c3)N(c3ccccc3)c3cc(cc(-n4c5ccccc5c5ccccc54)c3)B(n3c4ccccc4c4ccccc43)c3cc2cc(-n2c4ccccc4c4ccccc42)c3)cc1. The Labute approximate surface area is 417 Å². The number of anilines is 6. The Bertz CT molecular complexity index is 4050. The van der Waals surface area contributed by atoms with Gasteiger partial charge in [-0.25, -0.2) is 0 Å². The summed E-state index contributed by atoms with van der Waals surface area (Å²) in [6.07, 6.45) is 0. The molecule has 0 atom stereocenters. The van der Waals surface area contributed by atoms with Gasteiger partial charge in [-0.2, -0.15) is 0 Å². The van der Waals surface area contributed by atoms with Crippen LogP contribution in [0.25, 0.3) is 76.8 Å². The fraction of sp³-hybridized carbons (Fsp3) is 0. The summed E-state index contributed by atoms with van der Waals surface area (Å²) >= 11 is 0. The number of hydrogen-bond donors (Lipinski definition) is 0. The number of aromatic nitrogens is 3. The smallest absolute Gasteiger partial charge is 0.328 e. The van der Waals surface area contributed by atoms with Gasteiger partial charge in [0.15, 0.2) is 0 Å². The zero-order valence-electron chi connectivity index (χ0n) is 39.2. The van der Waals surface area contributed by atoms with E-state index in [9.17, 15) is 0 Å². The van der Waals surface area contributed by atoms with E-state index in [0.29, 0.717) is 0 Å². The molecule has 4 heterocycles. The van der Waals surface area contributed by atoms with Crippen molar-refractivity contribution in [3.63, 3.8) is 0 Å². The van der Waals surface area contributed by atoms with Crippen molar-refractivity contribution in [3.8, 4) is 11.4 Å². The molecule has 0 aliphatic carbocycles. The molecular weight excluding hydrogens is 874 g/mol. The highest BCUT2D eigenvalue weighted by Gasteiger charge is 2.32.